The normalized spacial score (nSPS) is 11.0. The first-order valence-corrected chi connectivity index (χ1v) is 22.2. The summed E-state index contributed by atoms with van der Waals surface area (Å²) in [6.45, 7) is 5.47. The summed E-state index contributed by atoms with van der Waals surface area (Å²) in [6, 6.07) is 42.6. The number of benzene rings is 4. The molecule has 0 amide bonds. The molecule has 0 N–H and O–H groups in total. The predicted octanol–water partition coefficient (Wildman–Crippen LogP) is 13.2. The van der Waals surface area contributed by atoms with Crippen LogP contribution in [0.4, 0.5) is 0 Å². The van der Waals surface area contributed by atoms with E-state index in [9.17, 15) is 0 Å². The molecule has 0 fully saturated rings. The number of rotatable bonds is 20. The lowest BCUT2D eigenvalue weighted by atomic mass is 10.1. The van der Waals surface area contributed by atoms with Crippen LogP contribution in [0, 0.1) is 0 Å². The molecule has 0 unspecified atom stereocenters. The minimum Gasteiger partial charge on any atom is -0.348 e. The molecule has 0 aromatic heterocycles. The number of unbranched alkanes of at least 4 members (excludes halogenated alkanes) is 6. The van der Waals surface area contributed by atoms with Crippen molar-refractivity contribution in [1.82, 2.24) is 9.80 Å². The van der Waals surface area contributed by atoms with Crippen LogP contribution in [0.25, 0.3) is 0 Å². The lowest BCUT2D eigenvalue weighted by molar-refractivity contribution is 0.421. The van der Waals surface area contributed by atoms with Crippen molar-refractivity contribution in [2.45, 2.75) is 89.1 Å². The highest BCUT2D eigenvalue weighted by molar-refractivity contribution is 8.91. The summed E-state index contributed by atoms with van der Waals surface area (Å²) < 4.78 is 2.23. The molecule has 0 saturated heterocycles. The molecule has 0 aliphatic carbocycles. The zero-order valence-corrected chi connectivity index (χ0v) is 32.9. The molecule has 4 rings (SSSR count). The van der Waals surface area contributed by atoms with Gasteiger partial charge in [-0.15, -0.1) is 0 Å². The molecule has 0 atom stereocenters. The lowest BCUT2D eigenvalue weighted by Gasteiger charge is -2.27. The number of hydrogen-bond acceptors (Lipinski definition) is 6. The SMILES string of the molecule is CCCCCCCCCC(SSC(=S)N(Cc1ccccc1)Cc1ccccc1)SSC(=S)N(Cc1ccccc1)Cc1ccccc1. The highest BCUT2D eigenvalue weighted by Crippen LogP contribution is 2.45. The van der Waals surface area contributed by atoms with Crippen LogP contribution in [-0.4, -0.2) is 23.0 Å². The molecule has 254 valence electrons. The van der Waals surface area contributed by atoms with Crippen LogP contribution in [0.5, 0.6) is 0 Å². The maximum Gasteiger partial charge on any atom is 0.147 e. The fourth-order valence-electron chi connectivity index (χ4n) is 5.26. The van der Waals surface area contributed by atoms with Gasteiger partial charge in [-0.25, -0.2) is 0 Å². The summed E-state index contributed by atoms with van der Waals surface area (Å²) in [5, 5.41) is 0. The van der Waals surface area contributed by atoms with Gasteiger partial charge in [-0.05, 0) is 50.3 Å². The van der Waals surface area contributed by atoms with Crippen LogP contribution in [0.2, 0.25) is 0 Å². The van der Waals surface area contributed by atoms with E-state index in [1.807, 2.05) is 21.6 Å². The molecule has 0 heterocycles. The second kappa shape index (κ2) is 23.5. The standard InChI is InChI=1S/C40H48N2S6/c1-2-3-4-5-6-7-20-29-38(45-47-39(43)41(30-34-21-12-8-13-22-34)31-35-23-14-9-15-24-35)46-48-40(44)42(32-36-25-16-10-17-26-36)33-37-27-18-11-19-28-37/h8-19,21-28,38H,2-7,20,29-33H2,1H3. The first-order chi connectivity index (χ1) is 23.6. The topological polar surface area (TPSA) is 6.48 Å². The second-order valence-electron chi connectivity index (χ2n) is 11.9. The monoisotopic (exact) mass is 748 g/mol. The third kappa shape index (κ3) is 15.3. The average Bonchev–Trinajstić information content (AvgIpc) is 3.13. The van der Waals surface area contributed by atoms with Gasteiger partial charge >= 0.3 is 0 Å². The first-order valence-electron chi connectivity index (χ1n) is 17.0. The van der Waals surface area contributed by atoms with Gasteiger partial charge in [-0.3, -0.25) is 0 Å². The molecule has 0 aliphatic heterocycles. The Labute approximate surface area is 316 Å². The van der Waals surface area contributed by atoms with Gasteiger partial charge in [0.25, 0.3) is 0 Å². The van der Waals surface area contributed by atoms with Crippen LogP contribution < -0.4 is 0 Å². The number of thiocarbonyl (C=S) groups is 2. The number of hydrogen-bond donors (Lipinski definition) is 0. The van der Waals surface area contributed by atoms with Crippen molar-refractivity contribution in [1.29, 1.82) is 0 Å². The molecule has 4 aromatic carbocycles. The molecular formula is C40H48N2S6. The van der Waals surface area contributed by atoms with E-state index >= 15 is 0 Å². The molecule has 2 nitrogen and oxygen atoms in total. The molecule has 0 saturated carbocycles. The van der Waals surface area contributed by atoms with Crippen LogP contribution in [0.15, 0.2) is 121 Å². The van der Waals surface area contributed by atoms with Crippen LogP contribution in [0.1, 0.15) is 80.5 Å². The van der Waals surface area contributed by atoms with Gasteiger partial charge in [0, 0.05) is 26.2 Å². The summed E-state index contributed by atoms with van der Waals surface area (Å²) in [5.41, 5.74) is 5.09. The summed E-state index contributed by atoms with van der Waals surface area (Å²) in [5.74, 6) is 0. The van der Waals surface area contributed by atoms with Crippen molar-refractivity contribution in [2.75, 3.05) is 0 Å². The molecule has 48 heavy (non-hydrogen) atoms. The minimum absolute atomic E-state index is 0.372. The lowest BCUT2D eigenvalue weighted by Crippen LogP contribution is -2.26. The molecule has 0 aliphatic rings. The second-order valence-corrected chi connectivity index (χ2v) is 18.3. The fourth-order valence-corrected chi connectivity index (χ4v) is 11.9. The quantitative estimate of drug-likeness (QED) is 0.0377. The summed E-state index contributed by atoms with van der Waals surface area (Å²) in [6.07, 6.45) is 10.3. The third-order valence-corrected chi connectivity index (χ3v) is 15.6. The third-order valence-electron chi connectivity index (χ3n) is 7.88. The van der Waals surface area contributed by atoms with E-state index in [0.717, 1.165) is 41.2 Å². The van der Waals surface area contributed by atoms with Gasteiger partial charge in [0.05, 0.1) is 4.58 Å². The maximum absolute atomic E-state index is 6.13. The van der Waals surface area contributed by atoms with Gasteiger partial charge in [-0.1, -0.05) is 219 Å². The Morgan fingerprint density at radius 1 is 0.479 bits per heavy atom. The largest absolute Gasteiger partial charge is 0.348 e. The Hall–Kier alpha value is -1.94. The Kier molecular flexibility index (Phi) is 19.0. The molecule has 8 heteroatoms. The molecular weight excluding hydrogens is 701 g/mol. The van der Waals surface area contributed by atoms with E-state index in [4.69, 9.17) is 24.4 Å². The van der Waals surface area contributed by atoms with Gasteiger partial charge in [0.2, 0.25) is 0 Å². The Balaban J connectivity index is 1.40. The minimum atomic E-state index is 0.372. The van der Waals surface area contributed by atoms with Gasteiger partial charge < -0.3 is 9.80 Å². The first kappa shape index (κ1) is 38.9. The van der Waals surface area contributed by atoms with E-state index in [1.54, 1.807) is 21.6 Å². The summed E-state index contributed by atoms with van der Waals surface area (Å²) >= 11 is 12.3. The van der Waals surface area contributed by atoms with Gasteiger partial charge in [-0.2, -0.15) is 0 Å². The highest BCUT2D eigenvalue weighted by atomic mass is 33.1. The van der Waals surface area contributed by atoms with Crippen molar-refractivity contribution < 1.29 is 0 Å². The highest BCUT2D eigenvalue weighted by Gasteiger charge is 2.20. The average molecular weight is 749 g/mol. The van der Waals surface area contributed by atoms with E-state index in [0.29, 0.717) is 4.58 Å². The molecule has 0 radical (unpaired) electrons. The zero-order chi connectivity index (χ0) is 33.7. The van der Waals surface area contributed by atoms with Gasteiger partial charge in [0.15, 0.2) is 0 Å². The molecule has 0 spiro atoms. The van der Waals surface area contributed by atoms with Crippen molar-refractivity contribution in [3.8, 4) is 0 Å². The van der Waals surface area contributed by atoms with Crippen molar-refractivity contribution in [3.05, 3.63) is 144 Å². The van der Waals surface area contributed by atoms with Crippen molar-refractivity contribution in [3.63, 3.8) is 0 Å². The van der Waals surface area contributed by atoms with Crippen LogP contribution in [0.3, 0.4) is 0 Å². The molecule has 0 bridgehead atoms. The van der Waals surface area contributed by atoms with Crippen molar-refractivity contribution >= 4 is 76.3 Å². The van der Waals surface area contributed by atoms with E-state index in [-0.39, 0.29) is 0 Å². The predicted molar refractivity (Wildman–Crippen MR) is 226 cm³/mol. The summed E-state index contributed by atoms with van der Waals surface area (Å²) in [4.78, 5) is 4.68. The van der Waals surface area contributed by atoms with Crippen LogP contribution >= 0.6 is 67.6 Å². The van der Waals surface area contributed by atoms with Crippen LogP contribution in [-0.2, 0) is 26.2 Å². The number of nitrogens with zero attached hydrogens (tertiary/aromatic N) is 2. The maximum atomic E-state index is 6.13. The van der Waals surface area contributed by atoms with Crippen molar-refractivity contribution in [2.24, 2.45) is 0 Å². The Bertz CT molecular complexity index is 1250. The van der Waals surface area contributed by atoms with E-state index < -0.39 is 0 Å². The fraction of sp³-hybridized carbons (Fsp3) is 0.350. The van der Waals surface area contributed by atoms with E-state index in [1.165, 1.54) is 67.2 Å². The molecule has 4 aromatic rings. The van der Waals surface area contributed by atoms with E-state index in [2.05, 4.69) is 138 Å². The van der Waals surface area contributed by atoms with Gasteiger partial charge in [0.1, 0.15) is 8.64 Å². The summed E-state index contributed by atoms with van der Waals surface area (Å²) in [7, 11) is 7.33. The smallest absolute Gasteiger partial charge is 0.147 e. The Morgan fingerprint density at radius 3 is 1.12 bits per heavy atom. The zero-order valence-electron chi connectivity index (χ0n) is 28.0. The Morgan fingerprint density at radius 2 is 0.792 bits per heavy atom.